The number of hydrogen-bond acceptors (Lipinski definition) is 4. The number of likely N-dealkylation sites (tertiary alicyclic amines) is 1. The Morgan fingerprint density at radius 1 is 1.35 bits per heavy atom. The van der Waals surface area contributed by atoms with Gasteiger partial charge in [-0.2, -0.15) is 0 Å². The lowest BCUT2D eigenvalue weighted by Crippen LogP contribution is -2.31. The van der Waals surface area contributed by atoms with E-state index in [-0.39, 0.29) is 12.6 Å². The smallest absolute Gasteiger partial charge is 0.209 e. The molecular formula is C15H17BrN2O2. The first-order valence-electron chi connectivity index (χ1n) is 6.82. The summed E-state index contributed by atoms with van der Waals surface area (Å²) in [6.07, 6.45) is 3.95. The molecule has 1 aliphatic heterocycles. The Hall–Kier alpha value is -1.17. The number of aliphatic hydroxyl groups is 1. The summed E-state index contributed by atoms with van der Waals surface area (Å²) in [5, 5.41) is 9.33. The summed E-state index contributed by atoms with van der Waals surface area (Å²) in [6.45, 7) is 1.88. The van der Waals surface area contributed by atoms with Crippen LogP contribution in [0.3, 0.4) is 0 Å². The molecule has 0 radical (unpaired) electrons. The minimum atomic E-state index is 0.209. The zero-order chi connectivity index (χ0) is 13.9. The summed E-state index contributed by atoms with van der Waals surface area (Å²) in [4.78, 5) is 6.58. The molecule has 2 heterocycles. The summed E-state index contributed by atoms with van der Waals surface area (Å²) >= 11 is 3.42. The maximum absolute atomic E-state index is 9.33. The van der Waals surface area contributed by atoms with E-state index in [0.717, 1.165) is 35.2 Å². The molecule has 1 aromatic heterocycles. The van der Waals surface area contributed by atoms with E-state index in [9.17, 15) is 5.11 Å². The maximum Gasteiger partial charge on any atom is 0.209 e. The molecule has 0 unspecified atom stereocenters. The molecule has 1 saturated heterocycles. The molecule has 1 N–H and O–H groups in total. The molecule has 0 saturated carbocycles. The number of oxazole rings is 1. The first-order chi connectivity index (χ1) is 9.76. The van der Waals surface area contributed by atoms with Crippen LogP contribution >= 0.6 is 15.9 Å². The standard InChI is InChI=1S/C15H17BrN2O2/c16-12-5-3-11(4-6-12)14-8-17-15(20-14)9-18-7-1-2-13(18)10-19/h3-6,8,13,19H,1-2,7,9-10H2/t13-/m1/s1. The maximum atomic E-state index is 9.33. The minimum Gasteiger partial charge on any atom is -0.439 e. The third kappa shape index (κ3) is 2.95. The molecule has 2 aromatic rings. The molecule has 1 aliphatic rings. The second-order valence-electron chi connectivity index (χ2n) is 5.07. The molecule has 5 heteroatoms. The van der Waals surface area contributed by atoms with Crippen molar-refractivity contribution in [2.24, 2.45) is 0 Å². The van der Waals surface area contributed by atoms with Gasteiger partial charge in [0, 0.05) is 16.1 Å². The fourth-order valence-corrected chi connectivity index (χ4v) is 2.88. The molecule has 0 aliphatic carbocycles. The summed E-state index contributed by atoms with van der Waals surface area (Å²) < 4.78 is 6.86. The highest BCUT2D eigenvalue weighted by Gasteiger charge is 2.25. The van der Waals surface area contributed by atoms with Crippen LogP contribution < -0.4 is 0 Å². The van der Waals surface area contributed by atoms with Crippen LogP contribution in [0.15, 0.2) is 39.4 Å². The predicted molar refractivity (Wildman–Crippen MR) is 80.2 cm³/mol. The van der Waals surface area contributed by atoms with Gasteiger partial charge in [0.15, 0.2) is 5.76 Å². The van der Waals surface area contributed by atoms with Crippen molar-refractivity contribution in [2.75, 3.05) is 13.2 Å². The van der Waals surface area contributed by atoms with E-state index in [1.54, 1.807) is 6.20 Å². The van der Waals surface area contributed by atoms with Crippen molar-refractivity contribution in [3.63, 3.8) is 0 Å². The van der Waals surface area contributed by atoms with Crippen LogP contribution in [0, 0.1) is 0 Å². The Balaban J connectivity index is 1.72. The molecule has 0 spiro atoms. The van der Waals surface area contributed by atoms with Gasteiger partial charge in [-0.15, -0.1) is 0 Å². The van der Waals surface area contributed by atoms with Gasteiger partial charge < -0.3 is 9.52 Å². The summed E-state index contributed by atoms with van der Waals surface area (Å²) in [6, 6.07) is 8.22. The van der Waals surface area contributed by atoms with E-state index in [4.69, 9.17) is 4.42 Å². The first kappa shape index (κ1) is 13.8. The first-order valence-corrected chi connectivity index (χ1v) is 7.61. The van der Waals surface area contributed by atoms with Crippen LogP contribution in [-0.4, -0.2) is 34.2 Å². The van der Waals surface area contributed by atoms with Crippen LogP contribution in [0.1, 0.15) is 18.7 Å². The monoisotopic (exact) mass is 336 g/mol. The molecule has 3 rings (SSSR count). The van der Waals surface area contributed by atoms with Gasteiger partial charge in [-0.05, 0) is 31.5 Å². The third-order valence-corrected chi connectivity index (χ3v) is 4.26. The summed E-state index contributed by atoms with van der Waals surface area (Å²) in [5.74, 6) is 1.50. The molecule has 4 nitrogen and oxygen atoms in total. The van der Waals surface area contributed by atoms with Gasteiger partial charge in [0.2, 0.25) is 5.89 Å². The van der Waals surface area contributed by atoms with Crippen LogP contribution in [0.5, 0.6) is 0 Å². The number of benzene rings is 1. The molecule has 106 valence electrons. The molecule has 1 aromatic carbocycles. The van der Waals surface area contributed by atoms with Gasteiger partial charge in [0.25, 0.3) is 0 Å². The average molecular weight is 337 g/mol. The van der Waals surface area contributed by atoms with Crippen molar-refractivity contribution in [1.82, 2.24) is 9.88 Å². The zero-order valence-corrected chi connectivity index (χ0v) is 12.7. The van der Waals surface area contributed by atoms with E-state index in [1.807, 2.05) is 24.3 Å². The van der Waals surface area contributed by atoms with Crippen LogP contribution in [0.4, 0.5) is 0 Å². The number of rotatable bonds is 4. The molecule has 0 bridgehead atoms. The van der Waals surface area contributed by atoms with E-state index >= 15 is 0 Å². The minimum absolute atomic E-state index is 0.209. The molecule has 1 fully saturated rings. The third-order valence-electron chi connectivity index (χ3n) is 3.73. The van der Waals surface area contributed by atoms with Crippen molar-refractivity contribution < 1.29 is 9.52 Å². The lowest BCUT2D eigenvalue weighted by Gasteiger charge is -2.20. The van der Waals surface area contributed by atoms with Gasteiger partial charge >= 0.3 is 0 Å². The Morgan fingerprint density at radius 3 is 2.90 bits per heavy atom. The van der Waals surface area contributed by atoms with Crippen molar-refractivity contribution in [1.29, 1.82) is 0 Å². The second-order valence-corrected chi connectivity index (χ2v) is 5.99. The molecule has 20 heavy (non-hydrogen) atoms. The zero-order valence-electron chi connectivity index (χ0n) is 11.1. The highest BCUT2D eigenvalue weighted by atomic mass is 79.9. The van der Waals surface area contributed by atoms with Crippen LogP contribution in [0.2, 0.25) is 0 Å². The van der Waals surface area contributed by atoms with E-state index in [0.29, 0.717) is 12.4 Å². The van der Waals surface area contributed by atoms with Gasteiger partial charge in [0.05, 0.1) is 19.3 Å². The van der Waals surface area contributed by atoms with E-state index in [1.165, 1.54) is 0 Å². The van der Waals surface area contributed by atoms with Crippen molar-refractivity contribution in [2.45, 2.75) is 25.4 Å². The summed E-state index contributed by atoms with van der Waals surface area (Å²) in [5.41, 5.74) is 1.02. The highest BCUT2D eigenvalue weighted by Crippen LogP contribution is 2.24. The largest absolute Gasteiger partial charge is 0.439 e. The van der Waals surface area contributed by atoms with E-state index in [2.05, 4.69) is 25.8 Å². The normalized spacial score (nSPS) is 19.6. The highest BCUT2D eigenvalue weighted by molar-refractivity contribution is 9.10. The van der Waals surface area contributed by atoms with Crippen molar-refractivity contribution in [3.05, 3.63) is 40.8 Å². The molecular weight excluding hydrogens is 320 g/mol. The number of hydrogen-bond donors (Lipinski definition) is 1. The molecule has 0 amide bonds. The fraction of sp³-hybridized carbons (Fsp3) is 0.400. The number of aromatic nitrogens is 1. The average Bonchev–Trinajstić information content (AvgIpc) is 3.09. The quantitative estimate of drug-likeness (QED) is 0.932. The van der Waals surface area contributed by atoms with E-state index < -0.39 is 0 Å². The van der Waals surface area contributed by atoms with Crippen LogP contribution in [-0.2, 0) is 6.54 Å². The second kappa shape index (κ2) is 6.08. The number of nitrogens with zero attached hydrogens (tertiary/aromatic N) is 2. The number of halogens is 1. The topological polar surface area (TPSA) is 49.5 Å². The van der Waals surface area contributed by atoms with Gasteiger partial charge in [-0.25, -0.2) is 4.98 Å². The SMILES string of the molecule is OC[C@H]1CCCN1Cc1ncc(-c2ccc(Br)cc2)o1. The van der Waals surface area contributed by atoms with Gasteiger partial charge in [-0.3, -0.25) is 4.90 Å². The Kier molecular flexibility index (Phi) is 4.19. The molecule has 1 atom stereocenters. The predicted octanol–water partition coefficient (Wildman–Crippen LogP) is 3.06. The van der Waals surface area contributed by atoms with Crippen molar-refractivity contribution in [3.8, 4) is 11.3 Å². The lowest BCUT2D eigenvalue weighted by molar-refractivity contribution is 0.144. The fourth-order valence-electron chi connectivity index (χ4n) is 2.61. The Morgan fingerprint density at radius 2 is 2.15 bits per heavy atom. The van der Waals surface area contributed by atoms with Crippen molar-refractivity contribution >= 4 is 15.9 Å². The Bertz CT molecular complexity index is 568. The van der Waals surface area contributed by atoms with Crippen LogP contribution in [0.25, 0.3) is 11.3 Å². The lowest BCUT2D eigenvalue weighted by atomic mass is 10.2. The van der Waals surface area contributed by atoms with Gasteiger partial charge in [0.1, 0.15) is 0 Å². The Labute approximate surface area is 126 Å². The van der Waals surface area contributed by atoms with Gasteiger partial charge in [-0.1, -0.05) is 28.1 Å². The number of aliphatic hydroxyl groups excluding tert-OH is 1. The summed E-state index contributed by atoms with van der Waals surface area (Å²) in [7, 11) is 0.